The van der Waals surface area contributed by atoms with Gasteiger partial charge >= 0.3 is 0 Å². The van der Waals surface area contributed by atoms with Crippen LogP contribution in [0, 0.1) is 10.1 Å². The molecule has 0 bridgehead atoms. The minimum Gasteiger partial charge on any atom is -0.506 e. The second-order valence-corrected chi connectivity index (χ2v) is 3.44. The van der Waals surface area contributed by atoms with Crippen LogP contribution in [0.25, 0.3) is 0 Å². The van der Waals surface area contributed by atoms with Crippen molar-refractivity contribution in [2.45, 2.75) is 0 Å². The van der Waals surface area contributed by atoms with E-state index >= 15 is 0 Å². The number of nitro groups is 1. The topological polar surface area (TPSA) is 88.6 Å². The molecule has 0 atom stereocenters. The number of benzene rings is 1. The third-order valence-corrected chi connectivity index (χ3v) is 2.19. The standard InChI is InChI=1S/C12H9N3O3/c16-12-5-4-10(15(17)18)7-11(12)14-8-9-3-1-2-6-13-9/h1-8,16H. The fourth-order valence-electron chi connectivity index (χ4n) is 1.32. The lowest BCUT2D eigenvalue weighted by Gasteiger charge is -1.98. The van der Waals surface area contributed by atoms with Crippen LogP contribution in [0.1, 0.15) is 5.69 Å². The number of phenols is 1. The largest absolute Gasteiger partial charge is 0.506 e. The molecular weight excluding hydrogens is 234 g/mol. The maximum atomic E-state index is 10.6. The predicted octanol–water partition coefficient (Wildman–Crippen LogP) is 2.45. The number of non-ortho nitro benzene ring substituents is 1. The van der Waals surface area contributed by atoms with E-state index in [9.17, 15) is 15.2 Å². The van der Waals surface area contributed by atoms with E-state index in [0.29, 0.717) is 5.69 Å². The molecule has 6 heteroatoms. The molecule has 0 aliphatic carbocycles. The number of pyridine rings is 1. The lowest BCUT2D eigenvalue weighted by molar-refractivity contribution is -0.384. The summed E-state index contributed by atoms with van der Waals surface area (Å²) in [6.07, 6.45) is 3.04. The Bertz CT molecular complexity index is 597. The van der Waals surface area contributed by atoms with Crippen LogP contribution in [0.3, 0.4) is 0 Å². The molecule has 0 aliphatic rings. The lowest BCUT2D eigenvalue weighted by atomic mass is 10.2. The summed E-state index contributed by atoms with van der Waals surface area (Å²) in [6.45, 7) is 0. The molecule has 0 saturated heterocycles. The Kier molecular flexibility index (Phi) is 3.29. The van der Waals surface area contributed by atoms with Crippen LogP contribution in [0.5, 0.6) is 5.75 Å². The van der Waals surface area contributed by atoms with Gasteiger partial charge in [0.05, 0.1) is 16.8 Å². The fraction of sp³-hybridized carbons (Fsp3) is 0. The summed E-state index contributed by atoms with van der Waals surface area (Å²) in [5.41, 5.74) is 0.610. The molecule has 0 saturated carbocycles. The van der Waals surface area contributed by atoms with Gasteiger partial charge in [-0.1, -0.05) is 6.07 Å². The minimum absolute atomic E-state index is 0.118. The molecule has 0 spiro atoms. The average molecular weight is 243 g/mol. The Morgan fingerprint density at radius 1 is 1.33 bits per heavy atom. The molecule has 1 aromatic carbocycles. The highest BCUT2D eigenvalue weighted by Gasteiger charge is 2.08. The van der Waals surface area contributed by atoms with Crippen LogP contribution in [-0.2, 0) is 0 Å². The van der Waals surface area contributed by atoms with E-state index < -0.39 is 4.92 Å². The van der Waals surface area contributed by atoms with E-state index in [-0.39, 0.29) is 17.1 Å². The SMILES string of the molecule is O=[N+]([O-])c1ccc(O)c(N=Cc2ccccn2)c1. The monoisotopic (exact) mass is 243 g/mol. The highest BCUT2D eigenvalue weighted by molar-refractivity contribution is 5.80. The average Bonchev–Trinajstić information content (AvgIpc) is 2.38. The zero-order chi connectivity index (χ0) is 13.0. The number of aromatic nitrogens is 1. The van der Waals surface area contributed by atoms with Crippen molar-refractivity contribution in [1.82, 2.24) is 4.98 Å². The quantitative estimate of drug-likeness (QED) is 0.509. The number of nitro benzene ring substituents is 1. The summed E-state index contributed by atoms with van der Waals surface area (Å²) >= 11 is 0. The zero-order valence-electron chi connectivity index (χ0n) is 9.22. The van der Waals surface area contributed by atoms with Gasteiger partial charge < -0.3 is 5.11 Å². The first-order valence-corrected chi connectivity index (χ1v) is 5.09. The van der Waals surface area contributed by atoms with Gasteiger partial charge in [-0.25, -0.2) is 0 Å². The van der Waals surface area contributed by atoms with E-state index in [1.807, 2.05) is 0 Å². The molecule has 1 heterocycles. The smallest absolute Gasteiger partial charge is 0.271 e. The number of hydrogen-bond donors (Lipinski definition) is 1. The van der Waals surface area contributed by atoms with Crippen LogP contribution in [0.4, 0.5) is 11.4 Å². The molecule has 1 aromatic heterocycles. The van der Waals surface area contributed by atoms with Gasteiger partial charge in [-0.2, -0.15) is 0 Å². The second kappa shape index (κ2) is 5.05. The van der Waals surface area contributed by atoms with E-state index in [0.717, 1.165) is 0 Å². The van der Waals surface area contributed by atoms with Crippen LogP contribution >= 0.6 is 0 Å². The van der Waals surface area contributed by atoms with Crippen LogP contribution in [0.2, 0.25) is 0 Å². The molecule has 1 N–H and O–H groups in total. The molecule has 0 radical (unpaired) electrons. The highest BCUT2D eigenvalue weighted by atomic mass is 16.6. The van der Waals surface area contributed by atoms with Crippen molar-refractivity contribution in [1.29, 1.82) is 0 Å². The van der Waals surface area contributed by atoms with Gasteiger partial charge in [-0.05, 0) is 18.2 Å². The van der Waals surface area contributed by atoms with E-state index in [1.165, 1.54) is 24.4 Å². The summed E-state index contributed by atoms with van der Waals surface area (Å²) in [5.74, 6) is -0.118. The van der Waals surface area contributed by atoms with Crippen LogP contribution < -0.4 is 0 Å². The molecule has 18 heavy (non-hydrogen) atoms. The molecular formula is C12H9N3O3. The summed E-state index contributed by atoms with van der Waals surface area (Å²) in [5, 5.41) is 20.1. The number of aromatic hydroxyl groups is 1. The second-order valence-electron chi connectivity index (χ2n) is 3.44. The fourth-order valence-corrected chi connectivity index (χ4v) is 1.32. The summed E-state index contributed by atoms with van der Waals surface area (Å²) in [6, 6.07) is 8.95. The Morgan fingerprint density at radius 3 is 2.83 bits per heavy atom. The van der Waals surface area contributed by atoms with Crippen molar-refractivity contribution in [2.24, 2.45) is 4.99 Å². The molecule has 0 amide bonds. The first-order chi connectivity index (χ1) is 8.66. The summed E-state index contributed by atoms with van der Waals surface area (Å²) in [4.78, 5) is 18.0. The van der Waals surface area contributed by atoms with Crippen LogP contribution in [-0.4, -0.2) is 21.2 Å². The highest BCUT2D eigenvalue weighted by Crippen LogP contribution is 2.30. The number of hydrogen-bond acceptors (Lipinski definition) is 5. The third kappa shape index (κ3) is 2.67. The Hall–Kier alpha value is -2.76. The Labute approximate surface area is 102 Å². The van der Waals surface area contributed by atoms with Crippen molar-refractivity contribution in [2.75, 3.05) is 0 Å². The van der Waals surface area contributed by atoms with Crippen LogP contribution in [0.15, 0.2) is 47.6 Å². The lowest BCUT2D eigenvalue weighted by Crippen LogP contribution is -1.87. The van der Waals surface area contributed by atoms with Crippen molar-refractivity contribution in [3.8, 4) is 5.75 Å². The van der Waals surface area contributed by atoms with Gasteiger partial charge in [0.25, 0.3) is 5.69 Å². The summed E-state index contributed by atoms with van der Waals surface area (Å²) in [7, 11) is 0. The normalized spacial score (nSPS) is 10.7. The van der Waals surface area contributed by atoms with E-state index in [2.05, 4.69) is 9.98 Å². The first kappa shape index (κ1) is 11.7. The first-order valence-electron chi connectivity index (χ1n) is 5.09. The maximum Gasteiger partial charge on any atom is 0.271 e. The van der Waals surface area contributed by atoms with Gasteiger partial charge in [0.2, 0.25) is 0 Å². The number of nitrogens with zero attached hydrogens (tertiary/aromatic N) is 3. The van der Waals surface area contributed by atoms with Gasteiger partial charge in [0, 0.05) is 18.3 Å². The number of phenolic OH excluding ortho intramolecular Hbond substituents is 1. The van der Waals surface area contributed by atoms with Gasteiger partial charge in [-0.15, -0.1) is 0 Å². The Morgan fingerprint density at radius 2 is 2.17 bits per heavy atom. The van der Waals surface area contributed by atoms with Gasteiger partial charge in [0.1, 0.15) is 11.4 Å². The zero-order valence-corrected chi connectivity index (χ0v) is 9.22. The molecule has 90 valence electrons. The van der Waals surface area contributed by atoms with Crippen molar-refractivity contribution in [3.05, 3.63) is 58.4 Å². The number of aliphatic imine (C=N–C) groups is 1. The van der Waals surface area contributed by atoms with E-state index in [1.54, 1.807) is 24.4 Å². The summed E-state index contributed by atoms with van der Waals surface area (Å²) < 4.78 is 0. The predicted molar refractivity (Wildman–Crippen MR) is 66.3 cm³/mol. The minimum atomic E-state index is -0.542. The molecule has 0 unspecified atom stereocenters. The molecule has 6 nitrogen and oxygen atoms in total. The van der Waals surface area contributed by atoms with Gasteiger partial charge in [-0.3, -0.25) is 20.1 Å². The third-order valence-electron chi connectivity index (χ3n) is 2.19. The molecule has 2 rings (SSSR count). The van der Waals surface area contributed by atoms with Crippen molar-refractivity contribution < 1.29 is 10.0 Å². The maximum absolute atomic E-state index is 10.6. The Balaban J connectivity index is 2.31. The van der Waals surface area contributed by atoms with E-state index in [4.69, 9.17) is 0 Å². The molecule has 0 aliphatic heterocycles. The molecule has 2 aromatic rings. The van der Waals surface area contributed by atoms with Crippen molar-refractivity contribution in [3.63, 3.8) is 0 Å². The van der Waals surface area contributed by atoms with Crippen molar-refractivity contribution >= 4 is 17.6 Å². The number of rotatable bonds is 3. The molecule has 0 fully saturated rings. The van der Waals surface area contributed by atoms with Gasteiger partial charge in [0.15, 0.2) is 0 Å².